The van der Waals surface area contributed by atoms with Crippen LogP contribution in [0.2, 0.25) is 0 Å². The number of nitrogens with zero attached hydrogens (tertiary/aromatic N) is 4. The van der Waals surface area contributed by atoms with Crippen LogP contribution in [-0.2, 0) is 16.0 Å². The van der Waals surface area contributed by atoms with Gasteiger partial charge in [-0.25, -0.2) is 0 Å². The molecule has 12 heteroatoms. The smallest absolute Gasteiger partial charge is 0.262 e. The molecule has 1 aromatic heterocycles. The van der Waals surface area contributed by atoms with Crippen molar-refractivity contribution < 1.29 is 29.0 Å². The van der Waals surface area contributed by atoms with Crippen LogP contribution in [0, 0.1) is 28.6 Å². The molecule has 2 saturated carbocycles. The van der Waals surface area contributed by atoms with Crippen LogP contribution in [0.5, 0.6) is 11.5 Å². The van der Waals surface area contributed by atoms with E-state index in [0.717, 1.165) is 55.7 Å². The Bertz CT molecular complexity index is 2110. The number of hydrogen-bond donors (Lipinski definition) is 3. The summed E-state index contributed by atoms with van der Waals surface area (Å²) < 4.78 is 6.30. The first-order valence-corrected chi connectivity index (χ1v) is 18.8. The number of nitrogen functional groups attached to an aromatic ring is 1. The second-order valence-corrected chi connectivity index (χ2v) is 16.1. The minimum Gasteiger partial charge on any atom is -0.507 e. The number of nitrogens with one attached hydrogen (secondary N) is 1. The van der Waals surface area contributed by atoms with Crippen LogP contribution in [0.1, 0.15) is 96.1 Å². The Morgan fingerprint density at radius 2 is 1.62 bits per heavy atom. The van der Waals surface area contributed by atoms with E-state index in [1.165, 1.54) is 25.7 Å². The lowest BCUT2D eigenvalue weighted by Gasteiger charge is -2.56. The van der Waals surface area contributed by atoms with Crippen molar-refractivity contribution in [1.29, 1.82) is 0 Å². The fraction of sp³-hybridized carbons (Fsp3) is 0.463. The van der Waals surface area contributed by atoms with Gasteiger partial charge in [-0.1, -0.05) is 24.0 Å². The largest absolute Gasteiger partial charge is 0.507 e. The van der Waals surface area contributed by atoms with Crippen molar-refractivity contribution in [3.8, 4) is 34.6 Å². The van der Waals surface area contributed by atoms with Crippen molar-refractivity contribution in [3.05, 3.63) is 64.7 Å². The predicted octanol–water partition coefficient (Wildman–Crippen LogP) is 4.24. The summed E-state index contributed by atoms with van der Waals surface area (Å²) in [5.74, 6) is 6.15. The first kappa shape index (κ1) is 33.5. The van der Waals surface area contributed by atoms with E-state index in [9.17, 15) is 24.3 Å². The highest BCUT2D eigenvalue weighted by Crippen LogP contribution is 2.55. The van der Waals surface area contributed by atoms with Gasteiger partial charge < -0.3 is 20.5 Å². The number of likely N-dealkylation sites (tertiary alicyclic amines) is 1. The molecule has 4 N–H and O–H groups in total. The highest BCUT2D eigenvalue weighted by molar-refractivity contribution is 6.23. The predicted molar refractivity (Wildman–Crippen MR) is 193 cm³/mol. The zero-order valence-electron chi connectivity index (χ0n) is 29.5. The zero-order chi connectivity index (χ0) is 36.5. The first-order chi connectivity index (χ1) is 25.6. The molecule has 53 heavy (non-hydrogen) atoms. The van der Waals surface area contributed by atoms with E-state index in [4.69, 9.17) is 10.5 Å². The maximum absolute atomic E-state index is 13.4. The molecule has 12 nitrogen and oxygen atoms in total. The number of carbonyl (C=O) groups excluding carboxylic acids is 4. The number of phenolic OH excluding ortho intramolecular Hbond substituents is 1. The third-order valence-electron chi connectivity index (χ3n) is 12.9. The van der Waals surface area contributed by atoms with Gasteiger partial charge in [0.25, 0.3) is 11.8 Å². The standard InChI is InChI=1S/C41H42N6O6/c42-36-25(18-31(44-45-36)28-3-1-2-4-33(28)48)6-5-24-9-11-40(12-10-24)21-27(22-40)46-15-13-41(14-16-46)20-26-17-29-30(19-34(26)53-23-41)39(52)47(38(29)51)32-7-8-35(49)43-37(32)50/h1-4,17-19,24,27,32,48H,7-16,20-23H2,(H2,42,45)(H,43,49,50). The van der Waals surface area contributed by atoms with Crippen LogP contribution < -0.4 is 15.8 Å². The van der Waals surface area contributed by atoms with E-state index in [0.29, 0.717) is 57.9 Å². The Balaban J connectivity index is 0.782. The van der Waals surface area contributed by atoms with Crippen molar-refractivity contribution >= 4 is 29.4 Å². The molecule has 0 radical (unpaired) electrons. The summed E-state index contributed by atoms with van der Waals surface area (Å²) in [6.07, 6.45) is 10.0. The van der Waals surface area contributed by atoms with E-state index in [2.05, 4.69) is 32.3 Å². The molecule has 4 amide bonds. The van der Waals surface area contributed by atoms with E-state index in [1.807, 2.05) is 6.07 Å². The number of aromatic hydroxyl groups is 1. The molecule has 2 saturated heterocycles. The summed E-state index contributed by atoms with van der Waals surface area (Å²) in [5, 5.41) is 20.8. The van der Waals surface area contributed by atoms with Gasteiger partial charge in [-0.2, -0.15) is 0 Å². The number of hydrogen-bond acceptors (Lipinski definition) is 10. The molecular weight excluding hydrogens is 672 g/mol. The number of amides is 4. The van der Waals surface area contributed by atoms with E-state index in [1.54, 1.807) is 36.4 Å². The molecule has 1 atom stereocenters. The Kier molecular flexibility index (Phi) is 8.03. The molecule has 4 fully saturated rings. The van der Waals surface area contributed by atoms with Gasteiger partial charge in [-0.3, -0.25) is 29.4 Å². The van der Waals surface area contributed by atoms with Crippen LogP contribution in [-0.4, -0.2) is 80.5 Å². The van der Waals surface area contributed by atoms with Gasteiger partial charge >= 0.3 is 0 Å². The van der Waals surface area contributed by atoms with E-state index >= 15 is 0 Å². The van der Waals surface area contributed by atoms with Gasteiger partial charge in [0, 0.05) is 29.4 Å². The Morgan fingerprint density at radius 1 is 0.887 bits per heavy atom. The van der Waals surface area contributed by atoms with Gasteiger partial charge in [0.1, 0.15) is 17.5 Å². The van der Waals surface area contributed by atoms with Gasteiger partial charge in [0.2, 0.25) is 11.8 Å². The lowest BCUT2D eigenvalue weighted by molar-refractivity contribution is -0.136. The van der Waals surface area contributed by atoms with Crippen molar-refractivity contribution in [2.45, 2.75) is 82.7 Å². The number of nitrogens with two attached hydrogens (primary N) is 1. The molecule has 1 unspecified atom stereocenters. The van der Waals surface area contributed by atoms with Crippen LogP contribution in [0.25, 0.3) is 11.3 Å². The number of benzene rings is 2. The Hall–Kier alpha value is -5.28. The second kappa shape index (κ2) is 12.7. The van der Waals surface area contributed by atoms with Gasteiger partial charge in [-0.05, 0) is 119 Å². The Morgan fingerprint density at radius 3 is 2.36 bits per heavy atom. The molecule has 2 aliphatic carbocycles. The first-order valence-electron chi connectivity index (χ1n) is 18.8. The third kappa shape index (κ3) is 5.91. The number of fused-ring (bicyclic) bond motifs is 2. The molecule has 272 valence electrons. The van der Waals surface area contributed by atoms with Crippen molar-refractivity contribution in [2.24, 2.45) is 16.7 Å². The number of para-hydroxylation sites is 1. The summed E-state index contributed by atoms with van der Waals surface area (Å²) in [7, 11) is 0. The number of imide groups is 2. The lowest BCUT2D eigenvalue weighted by atomic mass is 9.56. The van der Waals surface area contributed by atoms with Crippen LogP contribution in [0.4, 0.5) is 5.82 Å². The minimum atomic E-state index is -0.981. The number of ether oxygens (including phenoxy) is 1. The normalized spacial score (nSPS) is 27.7. The average Bonchev–Trinajstić information content (AvgIpc) is 3.38. The average molecular weight is 715 g/mol. The van der Waals surface area contributed by atoms with Gasteiger partial charge in [0.15, 0.2) is 5.82 Å². The van der Waals surface area contributed by atoms with Crippen LogP contribution >= 0.6 is 0 Å². The highest BCUT2D eigenvalue weighted by atomic mass is 16.5. The van der Waals surface area contributed by atoms with Gasteiger partial charge in [-0.15, -0.1) is 10.2 Å². The molecule has 9 rings (SSSR count). The molecule has 0 bridgehead atoms. The van der Waals surface area contributed by atoms with Crippen LogP contribution in [0.3, 0.4) is 0 Å². The van der Waals surface area contributed by atoms with E-state index in [-0.39, 0.29) is 29.6 Å². The maximum Gasteiger partial charge on any atom is 0.262 e. The number of aromatic nitrogens is 2. The lowest BCUT2D eigenvalue weighted by Crippen LogP contribution is -2.56. The van der Waals surface area contributed by atoms with Crippen LogP contribution in [0.15, 0.2) is 42.5 Å². The number of carbonyl (C=O) groups is 4. The molecule has 2 spiro atoms. The fourth-order valence-electron chi connectivity index (χ4n) is 9.67. The third-order valence-corrected chi connectivity index (χ3v) is 12.9. The minimum absolute atomic E-state index is 0.0131. The fourth-order valence-corrected chi connectivity index (χ4v) is 9.67. The van der Waals surface area contributed by atoms with Crippen molar-refractivity contribution in [3.63, 3.8) is 0 Å². The molecule has 2 aromatic carbocycles. The van der Waals surface area contributed by atoms with E-state index < -0.39 is 29.7 Å². The summed E-state index contributed by atoms with van der Waals surface area (Å²) in [6.45, 7) is 2.62. The van der Waals surface area contributed by atoms with Gasteiger partial charge in [0.05, 0.1) is 29.0 Å². The number of anilines is 1. The number of piperidine rings is 2. The Labute approximate surface area is 307 Å². The topological polar surface area (TPSA) is 168 Å². The number of phenols is 1. The molecule has 5 heterocycles. The molecule has 3 aromatic rings. The quantitative estimate of drug-likeness (QED) is 0.264. The maximum atomic E-state index is 13.4. The number of rotatable bonds is 3. The summed E-state index contributed by atoms with van der Waals surface area (Å²) in [5.41, 5.74) is 9.82. The summed E-state index contributed by atoms with van der Waals surface area (Å²) in [4.78, 5) is 54.6. The summed E-state index contributed by atoms with van der Waals surface area (Å²) >= 11 is 0. The molecule has 4 aliphatic heterocycles. The highest BCUT2D eigenvalue weighted by Gasteiger charge is 2.50. The molecule has 6 aliphatic rings. The second-order valence-electron chi connectivity index (χ2n) is 16.1. The zero-order valence-corrected chi connectivity index (χ0v) is 29.5. The monoisotopic (exact) mass is 714 g/mol. The summed E-state index contributed by atoms with van der Waals surface area (Å²) in [6, 6.07) is 11.9. The van der Waals surface area contributed by atoms with Crippen molar-refractivity contribution in [2.75, 3.05) is 25.4 Å². The SMILES string of the molecule is Nc1nnc(-c2ccccc2O)cc1C#CC1CCC2(CC1)CC(N1CCC3(CC1)COc1cc4c(cc1C3)C(=O)N(C1CCC(=O)NC1=O)C4=O)C2. The van der Waals surface area contributed by atoms with Crippen molar-refractivity contribution in [1.82, 2.24) is 25.3 Å². The molecular formula is C41H42N6O6.